The Morgan fingerprint density at radius 3 is 2.57 bits per heavy atom. The van der Waals surface area contributed by atoms with Crippen LogP contribution in [0.1, 0.15) is 38.2 Å². The molecule has 0 saturated heterocycles. The highest BCUT2D eigenvalue weighted by molar-refractivity contribution is 6.08. The first-order valence-corrected chi connectivity index (χ1v) is 11.7. The zero-order valence-electron chi connectivity index (χ0n) is 20.1. The molecule has 2 aromatic rings. The number of nitrogens with zero attached hydrogens (tertiary/aromatic N) is 2. The van der Waals surface area contributed by atoms with Crippen molar-refractivity contribution in [3.05, 3.63) is 66.2 Å². The SMILES string of the molecule is COC(=O)CCCCN1C(=O)[C@](O)([C@H](C)/C=C/CCO)c2cc(N(C=O)c3ccccc3)ccc21. The second-order valence-electron chi connectivity index (χ2n) is 8.50. The van der Waals surface area contributed by atoms with Gasteiger partial charge < -0.3 is 19.8 Å². The number of rotatable bonds is 12. The lowest BCUT2D eigenvalue weighted by atomic mass is 9.82. The maximum absolute atomic E-state index is 13.6. The summed E-state index contributed by atoms with van der Waals surface area (Å²) in [4.78, 5) is 40.0. The lowest BCUT2D eigenvalue weighted by Gasteiger charge is -2.28. The van der Waals surface area contributed by atoms with Crippen LogP contribution in [0.15, 0.2) is 60.7 Å². The van der Waals surface area contributed by atoms with Gasteiger partial charge in [0.25, 0.3) is 5.91 Å². The van der Waals surface area contributed by atoms with E-state index in [-0.39, 0.29) is 19.0 Å². The Hall–Kier alpha value is -3.49. The number of para-hydroxylation sites is 1. The number of aliphatic hydroxyl groups excluding tert-OH is 1. The van der Waals surface area contributed by atoms with E-state index in [9.17, 15) is 19.5 Å². The second kappa shape index (κ2) is 11.8. The van der Waals surface area contributed by atoms with E-state index in [4.69, 9.17) is 5.11 Å². The van der Waals surface area contributed by atoms with E-state index in [0.29, 0.717) is 54.8 Å². The van der Waals surface area contributed by atoms with Gasteiger partial charge in [-0.1, -0.05) is 37.3 Å². The fourth-order valence-electron chi connectivity index (χ4n) is 4.32. The summed E-state index contributed by atoms with van der Waals surface area (Å²) in [6, 6.07) is 14.3. The molecule has 0 bridgehead atoms. The topological polar surface area (TPSA) is 107 Å². The molecule has 0 saturated carbocycles. The normalized spacial score (nSPS) is 17.9. The van der Waals surface area contributed by atoms with Crippen LogP contribution in [-0.2, 0) is 24.7 Å². The molecular formula is C27H32N2O6. The van der Waals surface area contributed by atoms with Gasteiger partial charge in [-0.3, -0.25) is 19.3 Å². The van der Waals surface area contributed by atoms with Crippen LogP contribution in [0.2, 0.25) is 0 Å². The summed E-state index contributed by atoms with van der Waals surface area (Å²) >= 11 is 0. The van der Waals surface area contributed by atoms with Gasteiger partial charge in [-0.05, 0) is 49.6 Å². The van der Waals surface area contributed by atoms with E-state index in [0.717, 1.165) is 0 Å². The molecule has 1 aliphatic heterocycles. The van der Waals surface area contributed by atoms with Gasteiger partial charge in [-0.25, -0.2) is 0 Å². The minimum absolute atomic E-state index is 0.0337. The van der Waals surface area contributed by atoms with E-state index in [1.807, 2.05) is 18.2 Å². The summed E-state index contributed by atoms with van der Waals surface area (Å²) in [5.41, 5.74) is 0.323. The van der Waals surface area contributed by atoms with E-state index in [2.05, 4.69) is 4.74 Å². The van der Waals surface area contributed by atoms with Crippen LogP contribution >= 0.6 is 0 Å². The van der Waals surface area contributed by atoms with Crippen LogP contribution in [0.3, 0.4) is 0 Å². The number of benzene rings is 2. The monoisotopic (exact) mass is 480 g/mol. The number of unbranched alkanes of at least 4 members (excludes halogenated alkanes) is 1. The molecule has 0 fully saturated rings. The molecule has 0 unspecified atom stereocenters. The highest BCUT2D eigenvalue weighted by atomic mass is 16.5. The average Bonchev–Trinajstić information content (AvgIpc) is 3.09. The Kier molecular flexibility index (Phi) is 8.78. The number of carbonyl (C=O) groups excluding carboxylic acids is 3. The smallest absolute Gasteiger partial charge is 0.305 e. The van der Waals surface area contributed by atoms with Gasteiger partial charge in [0.05, 0.1) is 12.8 Å². The molecule has 2 aromatic carbocycles. The van der Waals surface area contributed by atoms with E-state index in [1.54, 1.807) is 54.3 Å². The Labute approximate surface area is 205 Å². The summed E-state index contributed by atoms with van der Waals surface area (Å²) in [6.45, 7) is 2.04. The molecule has 0 aliphatic carbocycles. The summed E-state index contributed by atoms with van der Waals surface area (Å²) in [5, 5.41) is 20.9. The van der Waals surface area contributed by atoms with Crippen LogP contribution in [0.25, 0.3) is 0 Å². The van der Waals surface area contributed by atoms with Crippen molar-refractivity contribution in [2.75, 3.05) is 30.1 Å². The van der Waals surface area contributed by atoms with Gasteiger partial charge in [0.2, 0.25) is 6.41 Å². The molecular weight excluding hydrogens is 448 g/mol. The minimum Gasteiger partial charge on any atom is -0.469 e. The highest BCUT2D eigenvalue weighted by Crippen LogP contribution is 2.47. The quantitative estimate of drug-likeness (QED) is 0.209. The molecule has 186 valence electrons. The number of aliphatic hydroxyl groups is 2. The Balaban J connectivity index is 1.98. The zero-order valence-corrected chi connectivity index (χ0v) is 20.1. The zero-order chi connectivity index (χ0) is 25.4. The van der Waals surface area contributed by atoms with Crippen LogP contribution in [0, 0.1) is 5.92 Å². The summed E-state index contributed by atoms with van der Waals surface area (Å²) in [5.74, 6) is -1.35. The Morgan fingerprint density at radius 2 is 1.91 bits per heavy atom. The largest absolute Gasteiger partial charge is 0.469 e. The minimum atomic E-state index is -1.84. The first kappa shape index (κ1) is 26.1. The number of anilines is 3. The van der Waals surface area contributed by atoms with Gasteiger partial charge >= 0.3 is 5.97 Å². The van der Waals surface area contributed by atoms with Crippen molar-refractivity contribution in [3.8, 4) is 0 Å². The van der Waals surface area contributed by atoms with E-state index >= 15 is 0 Å². The van der Waals surface area contributed by atoms with Crippen molar-refractivity contribution < 1.29 is 29.3 Å². The molecule has 0 spiro atoms. The fourth-order valence-corrected chi connectivity index (χ4v) is 4.32. The third-order valence-corrected chi connectivity index (χ3v) is 6.29. The molecule has 2 N–H and O–H groups in total. The molecule has 8 heteroatoms. The van der Waals surface area contributed by atoms with Gasteiger partial charge in [0, 0.05) is 42.4 Å². The number of hydrogen-bond donors (Lipinski definition) is 2. The van der Waals surface area contributed by atoms with Crippen molar-refractivity contribution >= 4 is 35.3 Å². The van der Waals surface area contributed by atoms with Crippen LogP contribution in [-0.4, -0.2) is 48.8 Å². The molecule has 3 rings (SSSR count). The highest BCUT2D eigenvalue weighted by Gasteiger charge is 2.52. The number of amides is 2. The standard InChI is InChI=1S/C27H32N2O6/c1-20(10-7-9-17-30)27(34)23-18-22(29(19-31)21-11-4-3-5-12-21)14-15-24(23)28(26(27)33)16-8-6-13-25(32)35-2/h3-5,7,10-12,14-15,18-20,30,34H,6,8-9,13,16-17H2,1-2H3/b10-7+/t20-,27+/m1/s1. The molecule has 0 aromatic heterocycles. The molecule has 2 atom stereocenters. The fraction of sp³-hybridized carbons (Fsp3) is 0.370. The van der Waals surface area contributed by atoms with E-state index < -0.39 is 17.4 Å². The molecule has 2 amide bonds. The van der Waals surface area contributed by atoms with Crippen molar-refractivity contribution in [1.82, 2.24) is 0 Å². The van der Waals surface area contributed by atoms with Crippen LogP contribution < -0.4 is 9.80 Å². The molecule has 1 aliphatic rings. The van der Waals surface area contributed by atoms with Crippen molar-refractivity contribution in [2.45, 2.75) is 38.2 Å². The third-order valence-electron chi connectivity index (χ3n) is 6.29. The maximum atomic E-state index is 13.6. The summed E-state index contributed by atoms with van der Waals surface area (Å²) in [7, 11) is 1.34. The molecule has 8 nitrogen and oxygen atoms in total. The van der Waals surface area contributed by atoms with E-state index in [1.165, 1.54) is 12.0 Å². The number of hydrogen-bond acceptors (Lipinski definition) is 6. The summed E-state index contributed by atoms with van der Waals surface area (Å²) < 4.78 is 4.68. The summed E-state index contributed by atoms with van der Waals surface area (Å²) in [6.07, 6.45) is 5.91. The van der Waals surface area contributed by atoms with Crippen LogP contribution in [0.5, 0.6) is 0 Å². The van der Waals surface area contributed by atoms with Crippen molar-refractivity contribution in [3.63, 3.8) is 0 Å². The third kappa shape index (κ3) is 5.44. The Morgan fingerprint density at radius 1 is 1.17 bits per heavy atom. The van der Waals surface area contributed by atoms with Crippen molar-refractivity contribution in [2.24, 2.45) is 5.92 Å². The average molecular weight is 481 g/mol. The van der Waals surface area contributed by atoms with Crippen molar-refractivity contribution in [1.29, 1.82) is 0 Å². The first-order chi connectivity index (χ1) is 16.9. The maximum Gasteiger partial charge on any atom is 0.305 e. The first-order valence-electron chi connectivity index (χ1n) is 11.7. The second-order valence-corrected chi connectivity index (χ2v) is 8.50. The van der Waals surface area contributed by atoms with Gasteiger partial charge in [0.1, 0.15) is 0 Å². The van der Waals surface area contributed by atoms with Gasteiger partial charge in [0.15, 0.2) is 5.60 Å². The van der Waals surface area contributed by atoms with Gasteiger partial charge in [-0.15, -0.1) is 0 Å². The lowest BCUT2D eigenvalue weighted by Crippen LogP contribution is -2.44. The number of fused-ring (bicyclic) bond motifs is 1. The Bertz CT molecular complexity index is 1070. The lowest BCUT2D eigenvalue weighted by molar-refractivity contribution is -0.140. The number of esters is 1. The van der Waals surface area contributed by atoms with Gasteiger partial charge in [-0.2, -0.15) is 0 Å². The predicted molar refractivity (Wildman–Crippen MR) is 133 cm³/mol. The number of ether oxygens (including phenoxy) is 1. The molecule has 0 radical (unpaired) electrons. The van der Waals surface area contributed by atoms with Crippen LogP contribution in [0.4, 0.5) is 17.1 Å². The molecule has 35 heavy (non-hydrogen) atoms. The number of carbonyl (C=O) groups is 3. The number of methoxy groups -OCH3 is 1. The molecule has 1 heterocycles. The predicted octanol–water partition coefficient (Wildman–Crippen LogP) is 3.43.